The Bertz CT molecular complexity index is 1030. The number of thiazole rings is 1. The number of aromatic nitrogens is 1. The minimum absolute atomic E-state index is 0.243. The van der Waals surface area contributed by atoms with Crippen LogP contribution in [0.25, 0.3) is 0 Å². The Morgan fingerprint density at radius 3 is 2.69 bits per heavy atom. The van der Waals surface area contributed by atoms with E-state index in [1.165, 1.54) is 23.5 Å². The second kappa shape index (κ2) is 9.20. The van der Waals surface area contributed by atoms with Crippen molar-refractivity contribution in [3.05, 3.63) is 76.0 Å². The first-order valence-electron chi connectivity index (χ1n) is 8.25. The first-order chi connectivity index (χ1) is 13.9. The van der Waals surface area contributed by atoms with Gasteiger partial charge in [0.05, 0.1) is 23.4 Å². The zero-order chi connectivity index (χ0) is 20.8. The Hall–Kier alpha value is -3.40. The molecule has 2 N–H and O–H groups in total. The molecule has 29 heavy (non-hydrogen) atoms. The van der Waals surface area contributed by atoms with Crippen LogP contribution in [0, 0.1) is 17.5 Å². The third kappa shape index (κ3) is 5.32. The first-order valence-corrected chi connectivity index (χ1v) is 9.20. The summed E-state index contributed by atoms with van der Waals surface area (Å²) < 4.78 is 45.2. The van der Waals surface area contributed by atoms with Crippen molar-refractivity contribution < 1.29 is 27.5 Å². The lowest BCUT2D eigenvalue weighted by molar-refractivity contribution is -0.115. The van der Waals surface area contributed by atoms with Gasteiger partial charge in [-0.2, -0.15) is 0 Å². The van der Waals surface area contributed by atoms with Gasteiger partial charge in [0.25, 0.3) is 5.91 Å². The number of amides is 2. The summed E-state index contributed by atoms with van der Waals surface area (Å²) in [6, 6.07) is 7.87. The number of ether oxygens (including phenoxy) is 1. The SMILES string of the molecule is O=C(CNC(=O)c1cccc(OCc2cscn2)c1)Nc1ccc(F)c(F)c1F. The van der Waals surface area contributed by atoms with Gasteiger partial charge in [0, 0.05) is 10.9 Å². The molecule has 0 saturated carbocycles. The molecule has 1 heterocycles. The number of benzene rings is 2. The van der Waals surface area contributed by atoms with E-state index in [0.717, 1.165) is 11.8 Å². The molecule has 0 aliphatic heterocycles. The number of halogens is 3. The average Bonchev–Trinajstić information content (AvgIpc) is 3.25. The van der Waals surface area contributed by atoms with Crippen molar-refractivity contribution in [3.8, 4) is 5.75 Å². The standard InChI is InChI=1S/C19H14F3N3O3S/c20-14-4-5-15(18(22)17(14)21)25-16(26)7-23-19(27)11-2-1-3-13(6-11)28-8-12-9-29-10-24-12/h1-6,9-10H,7-8H2,(H,23,27)(H,25,26). The number of nitrogens with zero attached hydrogens (tertiary/aromatic N) is 1. The highest BCUT2D eigenvalue weighted by atomic mass is 32.1. The second-order valence-corrected chi connectivity index (χ2v) is 6.47. The molecule has 3 rings (SSSR count). The highest BCUT2D eigenvalue weighted by Crippen LogP contribution is 2.19. The third-order valence-electron chi connectivity index (χ3n) is 3.69. The maximum atomic E-state index is 13.6. The molecule has 0 aliphatic rings. The van der Waals surface area contributed by atoms with E-state index in [9.17, 15) is 22.8 Å². The van der Waals surface area contributed by atoms with Crippen LogP contribution in [-0.2, 0) is 11.4 Å². The average molecular weight is 421 g/mol. The molecular formula is C19H14F3N3O3S. The lowest BCUT2D eigenvalue weighted by Gasteiger charge is -2.09. The van der Waals surface area contributed by atoms with Gasteiger partial charge in [-0.1, -0.05) is 6.07 Å². The maximum absolute atomic E-state index is 13.6. The van der Waals surface area contributed by atoms with Crippen LogP contribution in [0.4, 0.5) is 18.9 Å². The lowest BCUT2D eigenvalue weighted by Crippen LogP contribution is -2.33. The van der Waals surface area contributed by atoms with E-state index in [-0.39, 0.29) is 12.2 Å². The summed E-state index contributed by atoms with van der Waals surface area (Å²) in [6.07, 6.45) is 0. The van der Waals surface area contributed by atoms with Crippen LogP contribution in [0.1, 0.15) is 16.1 Å². The van der Waals surface area contributed by atoms with Gasteiger partial charge in [0.1, 0.15) is 12.4 Å². The van der Waals surface area contributed by atoms with Crippen molar-refractivity contribution in [3.63, 3.8) is 0 Å². The van der Waals surface area contributed by atoms with E-state index in [2.05, 4.69) is 15.6 Å². The van der Waals surface area contributed by atoms with Crippen LogP contribution < -0.4 is 15.4 Å². The van der Waals surface area contributed by atoms with Gasteiger partial charge in [-0.15, -0.1) is 11.3 Å². The molecule has 0 fully saturated rings. The fourth-order valence-corrected chi connectivity index (χ4v) is 2.82. The van der Waals surface area contributed by atoms with E-state index >= 15 is 0 Å². The molecule has 2 amide bonds. The van der Waals surface area contributed by atoms with E-state index in [4.69, 9.17) is 4.74 Å². The predicted molar refractivity (Wildman–Crippen MR) is 100 cm³/mol. The minimum Gasteiger partial charge on any atom is -0.487 e. The number of carbonyl (C=O) groups excluding carboxylic acids is 2. The topological polar surface area (TPSA) is 80.3 Å². The summed E-state index contributed by atoms with van der Waals surface area (Å²) in [4.78, 5) is 28.2. The van der Waals surface area contributed by atoms with E-state index in [0.29, 0.717) is 11.8 Å². The third-order valence-corrected chi connectivity index (χ3v) is 4.32. The van der Waals surface area contributed by atoms with Crippen molar-refractivity contribution in [2.45, 2.75) is 6.61 Å². The van der Waals surface area contributed by atoms with Crippen molar-refractivity contribution in [1.82, 2.24) is 10.3 Å². The van der Waals surface area contributed by atoms with Crippen LogP contribution >= 0.6 is 11.3 Å². The van der Waals surface area contributed by atoms with Crippen LogP contribution in [0.2, 0.25) is 0 Å². The van der Waals surface area contributed by atoms with Gasteiger partial charge >= 0.3 is 0 Å². The molecule has 0 saturated heterocycles. The Kier molecular flexibility index (Phi) is 6.45. The molecule has 1 aromatic heterocycles. The predicted octanol–water partition coefficient (Wildman–Crippen LogP) is 3.51. The van der Waals surface area contributed by atoms with Gasteiger partial charge in [-0.3, -0.25) is 9.59 Å². The van der Waals surface area contributed by atoms with Crippen molar-refractivity contribution in [1.29, 1.82) is 0 Å². The Labute approximate surface area is 167 Å². The summed E-state index contributed by atoms with van der Waals surface area (Å²) in [5, 5.41) is 6.26. The zero-order valence-electron chi connectivity index (χ0n) is 14.7. The Morgan fingerprint density at radius 2 is 1.93 bits per heavy atom. The highest BCUT2D eigenvalue weighted by Gasteiger charge is 2.16. The molecule has 0 radical (unpaired) electrons. The monoisotopic (exact) mass is 421 g/mol. The van der Waals surface area contributed by atoms with E-state index < -0.39 is 41.5 Å². The normalized spacial score (nSPS) is 10.4. The molecule has 0 atom stereocenters. The quantitative estimate of drug-likeness (QED) is 0.573. The largest absolute Gasteiger partial charge is 0.487 e. The van der Waals surface area contributed by atoms with Crippen molar-refractivity contribution in [2.24, 2.45) is 0 Å². The van der Waals surface area contributed by atoms with Crippen LogP contribution in [0.3, 0.4) is 0 Å². The number of carbonyl (C=O) groups is 2. The number of hydrogen-bond acceptors (Lipinski definition) is 5. The number of hydrogen-bond donors (Lipinski definition) is 2. The van der Waals surface area contributed by atoms with Crippen LogP contribution in [-0.4, -0.2) is 23.3 Å². The maximum Gasteiger partial charge on any atom is 0.251 e. The highest BCUT2D eigenvalue weighted by molar-refractivity contribution is 7.07. The van der Waals surface area contributed by atoms with Crippen LogP contribution in [0.5, 0.6) is 5.75 Å². The smallest absolute Gasteiger partial charge is 0.251 e. The molecular weight excluding hydrogens is 407 g/mol. The molecule has 2 aromatic carbocycles. The van der Waals surface area contributed by atoms with Gasteiger partial charge in [0.2, 0.25) is 5.91 Å². The molecule has 150 valence electrons. The molecule has 3 aromatic rings. The van der Waals surface area contributed by atoms with Gasteiger partial charge in [-0.05, 0) is 30.3 Å². The Balaban J connectivity index is 1.54. The fourth-order valence-electron chi connectivity index (χ4n) is 2.27. The molecule has 0 aliphatic carbocycles. The summed E-state index contributed by atoms with van der Waals surface area (Å²) in [5.41, 5.74) is 2.15. The van der Waals surface area contributed by atoms with Gasteiger partial charge in [-0.25, -0.2) is 18.2 Å². The number of rotatable bonds is 7. The van der Waals surface area contributed by atoms with Crippen molar-refractivity contribution >= 4 is 28.8 Å². The zero-order valence-corrected chi connectivity index (χ0v) is 15.6. The molecule has 6 nitrogen and oxygen atoms in total. The minimum atomic E-state index is -1.69. The number of nitrogens with one attached hydrogen (secondary N) is 2. The van der Waals surface area contributed by atoms with Crippen LogP contribution in [0.15, 0.2) is 47.3 Å². The first kappa shape index (κ1) is 20.3. The fraction of sp³-hybridized carbons (Fsp3) is 0.105. The Morgan fingerprint density at radius 1 is 1.10 bits per heavy atom. The summed E-state index contributed by atoms with van der Waals surface area (Å²) >= 11 is 1.44. The molecule has 0 bridgehead atoms. The summed E-state index contributed by atoms with van der Waals surface area (Å²) in [6.45, 7) is -0.252. The van der Waals surface area contributed by atoms with Gasteiger partial charge < -0.3 is 15.4 Å². The van der Waals surface area contributed by atoms with E-state index in [1.54, 1.807) is 17.6 Å². The number of anilines is 1. The van der Waals surface area contributed by atoms with E-state index in [1.807, 2.05) is 5.38 Å². The second-order valence-electron chi connectivity index (χ2n) is 5.75. The lowest BCUT2D eigenvalue weighted by atomic mass is 10.2. The molecule has 10 heteroatoms. The van der Waals surface area contributed by atoms with Gasteiger partial charge in [0.15, 0.2) is 17.5 Å². The van der Waals surface area contributed by atoms with Crippen molar-refractivity contribution in [2.75, 3.05) is 11.9 Å². The summed E-state index contributed by atoms with van der Waals surface area (Å²) in [7, 11) is 0. The molecule has 0 spiro atoms. The molecule has 0 unspecified atom stereocenters. The summed E-state index contributed by atoms with van der Waals surface area (Å²) in [5.74, 6) is -5.51.